The van der Waals surface area contributed by atoms with Crippen LogP contribution in [0.5, 0.6) is 5.75 Å². The van der Waals surface area contributed by atoms with Crippen molar-refractivity contribution in [3.8, 4) is 5.75 Å². The molecule has 1 amide bonds. The van der Waals surface area contributed by atoms with Gasteiger partial charge in [0.25, 0.3) is 5.91 Å². The third kappa shape index (κ3) is 3.83. The molecule has 0 bridgehead atoms. The van der Waals surface area contributed by atoms with Gasteiger partial charge in [-0.05, 0) is 53.1 Å². The fourth-order valence-electron chi connectivity index (χ4n) is 2.56. The van der Waals surface area contributed by atoms with Crippen LogP contribution < -0.4 is 10.2 Å². The van der Waals surface area contributed by atoms with Gasteiger partial charge in [0.05, 0.1) is 12.8 Å². The molecule has 0 aliphatic carbocycles. The van der Waals surface area contributed by atoms with Crippen LogP contribution in [0.2, 0.25) is 0 Å². The van der Waals surface area contributed by atoms with E-state index in [1.165, 1.54) is 0 Å². The lowest BCUT2D eigenvalue weighted by atomic mass is 10.0. The summed E-state index contributed by atoms with van der Waals surface area (Å²) in [6, 6.07) is 15.3. The smallest absolute Gasteiger partial charge is 0.271 e. The first-order valence-corrected chi connectivity index (χ1v) is 8.06. The first-order valence-electron chi connectivity index (χ1n) is 8.06. The van der Waals surface area contributed by atoms with Gasteiger partial charge in [-0.15, -0.1) is 0 Å². The van der Waals surface area contributed by atoms with Gasteiger partial charge in [-0.3, -0.25) is 9.78 Å². The number of fused-ring (bicyclic) bond motifs is 1. The van der Waals surface area contributed by atoms with Crippen molar-refractivity contribution in [2.45, 2.75) is 13.3 Å². The Morgan fingerprint density at radius 2 is 1.76 bits per heavy atom. The van der Waals surface area contributed by atoms with Crippen molar-refractivity contribution in [3.63, 3.8) is 0 Å². The summed E-state index contributed by atoms with van der Waals surface area (Å²) in [5, 5.41) is 6.50. The molecule has 0 unspecified atom stereocenters. The van der Waals surface area contributed by atoms with Crippen LogP contribution in [0.4, 0.5) is 0 Å². The third-order valence-electron chi connectivity index (χ3n) is 3.95. The summed E-state index contributed by atoms with van der Waals surface area (Å²) in [4.78, 5) is 16.0. The average Bonchev–Trinajstić information content (AvgIpc) is 2.68. The van der Waals surface area contributed by atoms with E-state index < -0.39 is 0 Å². The molecular formula is C20H19N3O2. The van der Waals surface area contributed by atoms with E-state index in [0.717, 1.165) is 27.8 Å². The van der Waals surface area contributed by atoms with Crippen LogP contribution in [0.1, 0.15) is 29.3 Å². The van der Waals surface area contributed by atoms with Crippen LogP contribution in [0.25, 0.3) is 10.8 Å². The maximum absolute atomic E-state index is 12.1. The van der Waals surface area contributed by atoms with Gasteiger partial charge in [-0.1, -0.05) is 25.1 Å². The lowest BCUT2D eigenvalue weighted by molar-refractivity contribution is 0.0954. The molecule has 0 radical (unpaired) electrons. The average molecular weight is 333 g/mol. The van der Waals surface area contributed by atoms with Gasteiger partial charge in [0.15, 0.2) is 0 Å². The number of ether oxygens (including phenoxy) is 1. The van der Waals surface area contributed by atoms with Gasteiger partial charge in [0.1, 0.15) is 5.75 Å². The molecule has 25 heavy (non-hydrogen) atoms. The summed E-state index contributed by atoms with van der Waals surface area (Å²) in [5.74, 6) is 0.577. The molecule has 3 rings (SSSR count). The lowest BCUT2D eigenvalue weighted by Crippen LogP contribution is -2.20. The van der Waals surface area contributed by atoms with Crippen LogP contribution >= 0.6 is 0 Å². The Hall–Kier alpha value is -3.21. The first kappa shape index (κ1) is 16.6. The SMILES string of the molecule is CC/C(=N/NC(=O)c1ccncc1)c1ccc2cc(OC)ccc2c1. The molecule has 0 aliphatic heterocycles. The number of methoxy groups -OCH3 is 1. The largest absolute Gasteiger partial charge is 0.497 e. The highest BCUT2D eigenvalue weighted by atomic mass is 16.5. The van der Waals surface area contributed by atoms with Crippen molar-refractivity contribution in [2.75, 3.05) is 7.11 Å². The van der Waals surface area contributed by atoms with Gasteiger partial charge >= 0.3 is 0 Å². The van der Waals surface area contributed by atoms with E-state index in [4.69, 9.17) is 4.74 Å². The predicted molar refractivity (Wildman–Crippen MR) is 99.0 cm³/mol. The van der Waals surface area contributed by atoms with Gasteiger partial charge in [0.2, 0.25) is 0 Å². The Labute approximate surface area is 146 Å². The van der Waals surface area contributed by atoms with Crippen molar-refractivity contribution < 1.29 is 9.53 Å². The topological polar surface area (TPSA) is 63.6 Å². The number of pyridine rings is 1. The zero-order chi connectivity index (χ0) is 17.6. The molecule has 1 aromatic heterocycles. The molecule has 0 aliphatic rings. The Kier molecular flexibility index (Phi) is 5.04. The van der Waals surface area contributed by atoms with E-state index in [-0.39, 0.29) is 5.91 Å². The molecule has 1 heterocycles. The summed E-state index contributed by atoms with van der Waals surface area (Å²) in [6.07, 6.45) is 3.87. The number of hydrogen-bond donors (Lipinski definition) is 1. The van der Waals surface area contributed by atoms with Crippen LogP contribution in [0.15, 0.2) is 66.0 Å². The molecule has 0 saturated carbocycles. The van der Waals surface area contributed by atoms with Crippen molar-refractivity contribution >= 4 is 22.4 Å². The summed E-state index contributed by atoms with van der Waals surface area (Å²) in [5.41, 5.74) is 4.94. The van der Waals surface area contributed by atoms with Crippen LogP contribution in [0, 0.1) is 0 Å². The number of benzene rings is 2. The Balaban J connectivity index is 1.84. The van der Waals surface area contributed by atoms with Gasteiger partial charge in [-0.2, -0.15) is 5.10 Å². The Morgan fingerprint density at radius 3 is 2.48 bits per heavy atom. The van der Waals surface area contributed by atoms with Crippen molar-refractivity contribution in [2.24, 2.45) is 5.10 Å². The van der Waals surface area contributed by atoms with Crippen molar-refractivity contribution in [1.82, 2.24) is 10.4 Å². The molecule has 5 heteroatoms. The van der Waals surface area contributed by atoms with Crippen LogP contribution in [-0.4, -0.2) is 23.7 Å². The number of carbonyl (C=O) groups is 1. The molecule has 0 fully saturated rings. The second kappa shape index (κ2) is 7.57. The number of hydrazone groups is 1. The lowest BCUT2D eigenvalue weighted by Gasteiger charge is -2.08. The fraction of sp³-hybridized carbons (Fsp3) is 0.150. The molecule has 1 N–H and O–H groups in total. The number of rotatable bonds is 5. The molecule has 126 valence electrons. The summed E-state index contributed by atoms with van der Waals surface area (Å²) < 4.78 is 5.25. The molecule has 3 aromatic rings. The van der Waals surface area contributed by atoms with E-state index in [0.29, 0.717) is 12.0 Å². The third-order valence-corrected chi connectivity index (χ3v) is 3.95. The van der Waals surface area contributed by atoms with Gasteiger partial charge in [0, 0.05) is 18.0 Å². The van der Waals surface area contributed by atoms with E-state index >= 15 is 0 Å². The van der Waals surface area contributed by atoms with Gasteiger partial charge < -0.3 is 4.74 Å². The second-order valence-electron chi connectivity index (χ2n) is 5.52. The number of nitrogens with one attached hydrogen (secondary N) is 1. The zero-order valence-electron chi connectivity index (χ0n) is 14.2. The summed E-state index contributed by atoms with van der Waals surface area (Å²) in [6.45, 7) is 2.01. The fourth-order valence-corrected chi connectivity index (χ4v) is 2.56. The standard InChI is InChI=1S/C20H19N3O2/c1-3-19(22-23-20(24)14-8-10-21-11-9-14)17-5-4-16-13-18(25-2)7-6-15(16)12-17/h4-13H,3H2,1-2H3,(H,23,24)/b22-19-. The Morgan fingerprint density at radius 1 is 1.04 bits per heavy atom. The number of hydrogen-bond acceptors (Lipinski definition) is 4. The predicted octanol–water partition coefficient (Wildman–Crippen LogP) is 3.79. The van der Waals surface area contributed by atoms with Crippen molar-refractivity contribution in [3.05, 3.63) is 72.1 Å². The summed E-state index contributed by atoms with van der Waals surface area (Å²) >= 11 is 0. The maximum Gasteiger partial charge on any atom is 0.271 e. The second-order valence-corrected chi connectivity index (χ2v) is 5.52. The molecule has 0 saturated heterocycles. The molecular weight excluding hydrogens is 314 g/mol. The summed E-state index contributed by atoms with van der Waals surface area (Å²) in [7, 11) is 1.66. The maximum atomic E-state index is 12.1. The molecule has 0 atom stereocenters. The normalized spacial score (nSPS) is 11.4. The monoisotopic (exact) mass is 333 g/mol. The highest BCUT2D eigenvalue weighted by molar-refractivity contribution is 6.04. The van der Waals surface area contributed by atoms with Crippen LogP contribution in [-0.2, 0) is 0 Å². The van der Waals surface area contributed by atoms with E-state index in [1.54, 1.807) is 31.6 Å². The minimum absolute atomic E-state index is 0.251. The highest BCUT2D eigenvalue weighted by Crippen LogP contribution is 2.22. The van der Waals surface area contributed by atoms with E-state index in [2.05, 4.69) is 21.6 Å². The zero-order valence-corrected chi connectivity index (χ0v) is 14.2. The number of aromatic nitrogens is 1. The molecule has 2 aromatic carbocycles. The van der Waals surface area contributed by atoms with Crippen molar-refractivity contribution in [1.29, 1.82) is 0 Å². The highest BCUT2D eigenvalue weighted by Gasteiger charge is 2.07. The quantitative estimate of drug-likeness (QED) is 0.571. The minimum Gasteiger partial charge on any atom is -0.497 e. The van der Waals surface area contributed by atoms with Crippen LogP contribution in [0.3, 0.4) is 0 Å². The Bertz CT molecular complexity index is 921. The van der Waals surface area contributed by atoms with E-state index in [1.807, 2.05) is 37.3 Å². The minimum atomic E-state index is -0.251. The number of nitrogens with zero attached hydrogens (tertiary/aromatic N) is 2. The first-order chi connectivity index (χ1) is 12.2. The number of amides is 1. The molecule has 0 spiro atoms. The van der Waals surface area contributed by atoms with E-state index in [9.17, 15) is 4.79 Å². The number of carbonyl (C=O) groups excluding carboxylic acids is 1. The van der Waals surface area contributed by atoms with Gasteiger partial charge in [-0.25, -0.2) is 5.43 Å². The molecule has 5 nitrogen and oxygen atoms in total.